The fraction of sp³-hybridized carbons (Fsp3) is 0.292. The largest absolute Gasteiger partial charge is 0.460 e. The fourth-order valence-corrected chi connectivity index (χ4v) is 4.58. The van der Waals surface area contributed by atoms with Crippen LogP contribution in [0.25, 0.3) is 16.5 Å². The lowest BCUT2D eigenvalue weighted by molar-refractivity contribution is 0.0666. The summed E-state index contributed by atoms with van der Waals surface area (Å²) in [6, 6.07) is 6.66. The van der Waals surface area contributed by atoms with Gasteiger partial charge < -0.3 is 24.9 Å². The van der Waals surface area contributed by atoms with Crippen LogP contribution in [0.15, 0.2) is 41.1 Å². The van der Waals surface area contributed by atoms with E-state index in [0.717, 1.165) is 5.56 Å². The number of likely N-dealkylation sites (tertiary alicyclic amines) is 1. The SMILES string of the molecule is Cc1oc2cc(Oc3ccnn4cc(C(=O)N5CC[C@@H](O)[C@H]5C)c(C)c34)ccc2c1C(N)=O. The molecule has 4 aromatic rings. The molecule has 5 rings (SSSR count). The van der Waals surface area contributed by atoms with Gasteiger partial charge >= 0.3 is 0 Å². The Morgan fingerprint density at radius 2 is 2.06 bits per heavy atom. The van der Waals surface area contributed by atoms with Crippen LogP contribution in [0.2, 0.25) is 0 Å². The molecule has 9 heteroatoms. The van der Waals surface area contributed by atoms with Gasteiger partial charge in [0.05, 0.1) is 29.5 Å². The van der Waals surface area contributed by atoms with Crippen molar-refractivity contribution in [2.45, 2.75) is 39.3 Å². The number of carbonyl (C=O) groups is 2. The van der Waals surface area contributed by atoms with Gasteiger partial charge in [-0.2, -0.15) is 5.10 Å². The number of aromatic nitrogens is 2. The Kier molecular flexibility index (Phi) is 4.86. The molecule has 4 heterocycles. The number of ether oxygens (including phenoxy) is 1. The maximum Gasteiger partial charge on any atom is 0.256 e. The van der Waals surface area contributed by atoms with E-state index in [1.54, 1.807) is 53.0 Å². The van der Waals surface area contributed by atoms with Gasteiger partial charge in [-0.05, 0) is 44.9 Å². The Morgan fingerprint density at radius 3 is 2.76 bits per heavy atom. The summed E-state index contributed by atoms with van der Waals surface area (Å²) in [4.78, 5) is 26.6. The zero-order valence-corrected chi connectivity index (χ0v) is 18.5. The molecule has 0 aliphatic carbocycles. The molecule has 1 aromatic carbocycles. The predicted molar refractivity (Wildman–Crippen MR) is 121 cm³/mol. The van der Waals surface area contributed by atoms with E-state index in [1.807, 2.05) is 13.8 Å². The zero-order chi connectivity index (χ0) is 23.4. The topological polar surface area (TPSA) is 123 Å². The Balaban J connectivity index is 1.52. The first-order valence-corrected chi connectivity index (χ1v) is 10.7. The summed E-state index contributed by atoms with van der Waals surface area (Å²) < 4.78 is 13.5. The van der Waals surface area contributed by atoms with E-state index in [1.165, 1.54) is 0 Å². The van der Waals surface area contributed by atoms with Crippen LogP contribution in [0.1, 0.15) is 45.4 Å². The van der Waals surface area contributed by atoms with Gasteiger partial charge in [-0.1, -0.05) is 0 Å². The van der Waals surface area contributed by atoms with Crippen LogP contribution in [-0.2, 0) is 0 Å². The number of furan rings is 1. The molecule has 0 radical (unpaired) electrons. The number of carbonyl (C=O) groups excluding carboxylic acids is 2. The molecule has 0 spiro atoms. The average Bonchev–Trinajstić information content (AvgIpc) is 3.40. The minimum absolute atomic E-state index is 0.139. The first-order valence-electron chi connectivity index (χ1n) is 10.7. The van der Waals surface area contributed by atoms with Crippen LogP contribution >= 0.6 is 0 Å². The summed E-state index contributed by atoms with van der Waals surface area (Å²) in [5.41, 5.74) is 8.24. The molecular formula is C24H24N4O5. The molecule has 0 bridgehead atoms. The molecule has 3 aromatic heterocycles. The second kappa shape index (κ2) is 7.63. The van der Waals surface area contributed by atoms with Crippen molar-refractivity contribution >= 4 is 28.3 Å². The molecule has 2 amide bonds. The third-order valence-electron chi connectivity index (χ3n) is 6.41. The molecule has 9 nitrogen and oxygen atoms in total. The molecule has 3 N–H and O–H groups in total. The van der Waals surface area contributed by atoms with Gasteiger partial charge in [0.15, 0.2) is 5.75 Å². The van der Waals surface area contributed by atoms with Crippen molar-refractivity contribution in [2.24, 2.45) is 5.73 Å². The summed E-state index contributed by atoms with van der Waals surface area (Å²) in [7, 11) is 0. The normalized spacial score (nSPS) is 18.4. The Hall–Kier alpha value is -3.85. The molecule has 2 atom stereocenters. The quantitative estimate of drug-likeness (QED) is 0.494. The Morgan fingerprint density at radius 1 is 1.27 bits per heavy atom. The summed E-state index contributed by atoms with van der Waals surface area (Å²) in [6.45, 7) is 5.91. The molecule has 1 saturated heterocycles. The molecule has 1 aliphatic heterocycles. The van der Waals surface area contributed by atoms with E-state index in [4.69, 9.17) is 14.9 Å². The third kappa shape index (κ3) is 3.32. The molecular weight excluding hydrogens is 424 g/mol. The van der Waals surface area contributed by atoms with Gasteiger partial charge in [-0.3, -0.25) is 9.59 Å². The van der Waals surface area contributed by atoms with Crippen LogP contribution in [-0.4, -0.2) is 50.1 Å². The van der Waals surface area contributed by atoms with E-state index < -0.39 is 12.0 Å². The lowest BCUT2D eigenvalue weighted by Gasteiger charge is -2.22. The predicted octanol–water partition coefficient (Wildman–Crippen LogP) is 3.18. The number of amides is 2. The van der Waals surface area contributed by atoms with Crippen LogP contribution in [0.4, 0.5) is 0 Å². The van der Waals surface area contributed by atoms with Crippen LogP contribution in [0, 0.1) is 13.8 Å². The first kappa shape index (κ1) is 21.0. The number of aryl methyl sites for hydroxylation is 2. The maximum atomic E-state index is 13.2. The Bertz CT molecular complexity index is 1420. The van der Waals surface area contributed by atoms with E-state index in [9.17, 15) is 14.7 Å². The highest BCUT2D eigenvalue weighted by molar-refractivity contribution is 6.06. The average molecular weight is 448 g/mol. The highest BCUT2D eigenvalue weighted by Gasteiger charge is 2.34. The molecule has 1 aliphatic rings. The third-order valence-corrected chi connectivity index (χ3v) is 6.41. The number of aliphatic hydroxyl groups excluding tert-OH is 1. The zero-order valence-electron chi connectivity index (χ0n) is 18.5. The molecule has 33 heavy (non-hydrogen) atoms. The van der Waals surface area contributed by atoms with Gasteiger partial charge in [0.25, 0.3) is 11.8 Å². The number of benzene rings is 1. The van der Waals surface area contributed by atoms with Crippen LogP contribution in [0.3, 0.4) is 0 Å². The molecule has 0 unspecified atom stereocenters. The fourth-order valence-electron chi connectivity index (χ4n) is 4.58. The van der Waals surface area contributed by atoms with Gasteiger partial charge in [-0.25, -0.2) is 4.52 Å². The van der Waals surface area contributed by atoms with Crippen LogP contribution < -0.4 is 10.5 Å². The first-order chi connectivity index (χ1) is 15.8. The number of fused-ring (bicyclic) bond motifs is 2. The monoisotopic (exact) mass is 448 g/mol. The number of nitrogens with two attached hydrogens (primary N) is 1. The lowest BCUT2D eigenvalue weighted by atomic mass is 10.1. The Labute approximate surface area is 189 Å². The number of aliphatic hydroxyl groups is 1. The summed E-state index contributed by atoms with van der Waals surface area (Å²) in [5, 5.41) is 15.0. The smallest absolute Gasteiger partial charge is 0.256 e. The minimum Gasteiger partial charge on any atom is -0.460 e. The van der Waals surface area contributed by atoms with Crippen molar-refractivity contribution in [1.82, 2.24) is 14.5 Å². The van der Waals surface area contributed by atoms with Crippen molar-refractivity contribution in [3.05, 3.63) is 59.1 Å². The number of hydrogen-bond acceptors (Lipinski definition) is 6. The highest BCUT2D eigenvalue weighted by Crippen LogP contribution is 2.34. The van der Waals surface area contributed by atoms with Gasteiger partial charge in [0.1, 0.15) is 22.6 Å². The van der Waals surface area contributed by atoms with Crippen LogP contribution in [0.5, 0.6) is 11.5 Å². The van der Waals surface area contributed by atoms with Crippen molar-refractivity contribution in [3.8, 4) is 11.5 Å². The highest BCUT2D eigenvalue weighted by atomic mass is 16.5. The lowest BCUT2D eigenvalue weighted by Crippen LogP contribution is -2.37. The second-order valence-corrected chi connectivity index (χ2v) is 8.41. The van der Waals surface area contributed by atoms with Gasteiger partial charge in [0, 0.05) is 30.3 Å². The summed E-state index contributed by atoms with van der Waals surface area (Å²) >= 11 is 0. The maximum absolute atomic E-state index is 13.2. The van der Waals surface area contributed by atoms with E-state index in [2.05, 4.69) is 5.10 Å². The number of primary amides is 1. The number of hydrogen-bond donors (Lipinski definition) is 2. The summed E-state index contributed by atoms with van der Waals surface area (Å²) in [6.07, 6.45) is 3.34. The minimum atomic E-state index is -0.545. The van der Waals surface area contributed by atoms with E-state index in [-0.39, 0.29) is 11.9 Å². The van der Waals surface area contributed by atoms with Gasteiger partial charge in [0.2, 0.25) is 0 Å². The second-order valence-electron chi connectivity index (χ2n) is 8.41. The number of nitrogens with zero attached hydrogens (tertiary/aromatic N) is 3. The molecule has 0 saturated carbocycles. The number of rotatable bonds is 4. The molecule has 170 valence electrons. The van der Waals surface area contributed by atoms with Gasteiger partial charge in [-0.15, -0.1) is 0 Å². The van der Waals surface area contributed by atoms with Crippen molar-refractivity contribution in [3.63, 3.8) is 0 Å². The standard InChI is InChI=1S/C24H24N4O5/c1-12-17(24(31)27-9-7-18(29)13(27)2)11-28-22(12)19(6-8-26-28)33-15-4-5-16-20(10-15)32-14(3)21(16)23(25)30/h4-6,8,10-11,13,18,29H,7,9H2,1-3H3,(H2,25,30)/t13-,18-/m1/s1. The van der Waals surface area contributed by atoms with Crippen molar-refractivity contribution in [2.75, 3.05) is 6.54 Å². The summed E-state index contributed by atoms with van der Waals surface area (Å²) in [5.74, 6) is 0.794. The van der Waals surface area contributed by atoms with E-state index >= 15 is 0 Å². The van der Waals surface area contributed by atoms with E-state index in [0.29, 0.717) is 57.8 Å². The molecule has 1 fully saturated rings. The van der Waals surface area contributed by atoms with Crippen molar-refractivity contribution < 1.29 is 23.8 Å². The van der Waals surface area contributed by atoms with Crippen molar-refractivity contribution in [1.29, 1.82) is 0 Å².